The summed E-state index contributed by atoms with van der Waals surface area (Å²) in [4.78, 5) is 12.3. The lowest BCUT2D eigenvalue weighted by Gasteiger charge is -2.14. The van der Waals surface area contributed by atoms with Gasteiger partial charge < -0.3 is 10.5 Å². The highest BCUT2D eigenvalue weighted by Gasteiger charge is 2.18. The molecule has 1 atom stereocenters. The first-order chi connectivity index (χ1) is 8.51. The Kier molecular flexibility index (Phi) is 5.35. The van der Waals surface area contributed by atoms with Gasteiger partial charge in [-0.05, 0) is 43.5 Å². The summed E-state index contributed by atoms with van der Waals surface area (Å²) in [6.45, 7) is 5.95. The second-order valence-corrected chi connectivity index (χ2v) is 4.75. The summed E-state index contributed by atoms with van der Waals surface area (Å²) in [5.74, 6) is 0.845. The zero-order valence-electron chi connectivity index (χ0n) is 11.7. The Morgan fingerprint density at radius 2 is 2.00 bits per heavy atom. The van der Waals surface area contributed by atoms with E-state index >= 15 is 0 Å². The molecule has 0 bridgehead atoms. The normalized spacial score (nSPS) is 12.3. The van der Waals surface area contributed by atoms with Gasteiger partial charge in [0, 0.05) is 5.56 Å². The molecule has 1 unspecified atom stereocenters. The van der Waals surface area contributed by atoms with E-state index in [1.54, 1.807) is 7.11 Å². The molecule has 0 aliphatic carbocycles. The number of benzene rings is 1. The summed E-state index contributed by atoms with van der Waals surface area (Å²) in [6, 6.07) is 3.38. The molecule has 3 heteroatoms. The minimum Gasteiger partial charge on any atom is -0.496 e. The van der Waals surface area contributed by atoms with Gasteiger partial charge in [0.2, 0.25) is 0 Å². The number of aryl methyl sites for hydroxylation is 2. The summed E-state index contributed by atoms with van der Waals surface area (Å²) < 4.78 is 5.24. The number of methoxy groups -OCH3 is 1. The molecule has 1 aromatic rings. The smallest absolute Gasteiger partial charge is 0.179 e. The number of carbonyl (C=O) groups is 1. The number of ether oxygens (including phenoxy) is 1. The first-order valence-electron chi connectivity index (χ1n) is 6.46. The molecule has 0 aliphatic rings. The van der Waals surface area contributed by atoms with Crippen LogP contribution in [0.1, 0.15) is 47.7 Å². The van der Waals surface area contributed by atoms with Crippen LogP contribution in [-0.4, -0.2) is 18.9 Å². The second kappa shape index (κ2) is 6.55. The molecule has 0 amide bonds. The van der Waals surface area contributed by atoms with Crippen LogP contribution in [0.3, 0.4) is 0 Å². The molecule has 1 rings (SSSR count). The fourth-order valence-electron chi connectivity index (χ4n) is 2.03. The van der Waals surface area contributed by atoms with Crippen LogP contribution in [0.15, 0.2) is 12.1 Å². The van der Waals surface area contributed by atoms with Gasteiger partial charge in [-0.1, -0.05) is 19.8 Å². The summed E-state index contributed by atoms with van der Waals surface area (Å²) in [5, 5.41) is 0. The first-order valence-corrected chi connectivity index (χ1v) is 6.46. The molecule has 0 aliphatic heterocycles. The quantitative estimate of drug-likeness (QED) is 0.788. The number of nitrogens with two attached hydrogens (primary N) is 1. The van der Waals surface area contributed by atoms with Gasteiger partial charge in [0.25, 0.3) is 0 Å². The first kappa shape index (κ1) is 14.7. The third-order valence-corrected chi connectivity index (χ3v) is 3.21. The van der Waals surface area contributed by atoms with Gasteiger partial charge in [-0.25, -0.2) is 0 Å². The molecule has 3 nitrogen and oxygen atoms in total. The molecule has 0 aromatic heterocycles. The lowest BCUT2D eigenvalue weighted by Crippen LogP contribution is -2.31. The van der Waals surface area contributed by atoms with Crippen LogP contribution in [0.4, 0.5) is 0 Å². The van der Waals surface area contributed by atoms with Gasteiger partial charge in [-0.3, -0.25) is 4.79 Å². The summed E-state index contributed by atoms with van der Waals surface area (Å²) in [7, 11) is 1.64. The van der Waals surface area contributed by atoms with Crippen LogP contribution >= 0.6 is 0 Å². The number of ketones is 1. The molecule has 2 N–H and O–H groups in total. The van der Waals surface area contributed by atoms with E-state index in [1.807, 2.05) is 26.0 Å². The molecule has 0 spiro atoms. The van der Waals surface area contributed by atoms with Gasteiger partial charge in [0.05, 0.1) is 13.2 Å². The SMILES string of the molecule is CCCCC(N)C(=O)c1cc(C)c(OC)cc1C. The largest absolute Gasteiger partial charge is 0.496 e. The van der Waals surface area contributed by atoms with Crippen molar-refractivity contribution < 1.29 is 9.53 Å². The topological polar surface area (TPSA) is 52.3 Å². The second-order valence-electron chi connectivity index (χ2n) is 4.75. The van der Waals surface area contributed by atoms with Crippen molar-refractivity contribution in [2.24, 2.45) is 5.73 Å². The Bertz CT molecular complexity index is 427. The number of unbranched alkanes of at least 4 members (excludes halogenated alkanes) is 1. The maximum atomic E-state index is 12.3. The van der Waals surface area contributed by atoms with Crippen molar-refractivity contribution in [1.29, 1.82) is 0 Å². The van der Waals surface area contributed by atoms with E-state index in [1.165, 1.54) is 0 Å². The number of carbonyl (C=O) groups excluding carboxylic acids is 1. The maximum Gasteiger partial charge on any atom is 0.179 e. The van der Waals surface area contributed by atoms with Crippen molar-refractivity contribution in [3.63, 3.8) is 0 Å². The van der Waals surface area contributed by atoms with Crippen LogP contribution in [0, 0.1) is 13.8 Å². The molecular formula is C15H23NO2. The highest BCUT2D eigenvalue weighted by molar-refractivity contribution is 6.01. The average Bonchev–Trinajstić information content (AvgIpc) is 2.37. The lowest BCUT2D eigenvalue weighted by molar-refractivity contribution is 0.0955. The van der Waals surface area contributed by atoms with Crippen molar-refractivity contribution in [2.75, 3.05) is 7.11 Å². The van der Waals surface area contributed by atoms with Crippen LogP contribution in [0.5, 0.6) is 5.75 Å². The number of Topliss-reactive ketones (excluding diaryl/α,β-unsaturated/α-hetero) is 1. The van der Waals surface area contributed by atoms with Crippen molar-refractivity contribution in [2.45, 2.75) is 46.1 Å². The monoisotopic (exact) mass is 249 g/mol. The fourth-order valence-corrected chi connectivity index (χ4v) is 2.03. The minimum atomic E-state index is -0.392. The van der Waals surface area contributed by atoms with Crippen LogP contribution in [0.25, 0.3) is 0 Å². The zero-order valence-corrected chi connectivity index (χ0v) is 11.7. The van der Waals surface area contributed by atoms with Crippen molar-refractivity contribution >= 4 is 5.78 Å². The van der Waals surface area contributed by atoms with E-state index in [-0.39, 0.29) is 5.78 Å². The Balaban J connectivity index is 2.95. The Morgan fingerprint density at radius 1 is 1.33 bits per heavy atom. The molecule has 18 heavy (non-hydrogen) atoms. The standard InChI is InChI=1S/C15H23NO2/c1-5-6-7-13(16)15(17)12-8-11(3)14(18-4)9-10(12)2/h8-9,13H,5-7,16H2,1-4H3. The zero-order chi connectivity index (χ0) is 13.7. The van der Waals surface area contributed by atoms with Crippen molar-refractivity contribution in [3.05, 3.63) is 28.8 Å². The lowest BCUT2D eigenvalue weighted by atomic mass is 9.95. The van der Waals surface area contributed by atoms with E-state index in [4.69, 9.17) is 10.5 Å². The van der Waals surface area contributed by atoms with E-state index in [9.17, 15) is 4.79 Å². The highest BCUT2D eigenvalue weighted by Crippen LogP contribution is 2.23. The van der Waals surface area contributed by atoms with Gasteiger partial charge in [-0.15, -0.1) is 0 Å². The van der Waals surface area contributed by atoms with Gasteiger partial charge in [-0.2, -0.15) is 0 Å². The fraction of sp³-hybridized carbons (Fsp3) is 0.533. The third kappa shape index (κ3) is 3.33. The van der Waals surface area contributed by atoms with Gasteiger partial charge in [0.1, 0.15) is 5.75 Å². The predicted octanol–water partition coefficient (Wildman–Crippen LogP) is 3.01. The summed E-state index contributed by atoms with van der Waals surface area (Å²) >= 11 is 0. The highest BCUT2D eigenvalue weighted by atomic mass is 16.5. The molecule has 0 radical (unpaired) electrons. The molecule has 0 saturated heterocycles. The van der Waals surface area contributed by atoms with E-state index in [0.717, 1.165) is 41.7 Å². The Labute approximate surface area is 109 Å². The minimum absolute atomic E-state index is 0.0340. The van der Waals surface area contributed by atoms with E-state index in [0.29, 0.717) is 0 Å². The van der Waals surface area contributed by atoms with Gasteiger partial charge >= 0.3 is 0 Å². The number of hydrogen-bond donors (Lipinski definition) is 1. The third-order valence-electron chi connectivity index (χ3n) is 3.21. The molecule has 1 aromatic carbocycles. The summed E-state index contributed by atoms with van der Waals surface area (Å²) in [6.07, 6.45) is 2.79. The summed E-state index contributed by atoms with van der Waals surface area (Å²) in [5.41, 5.74) is 8.56. The average molecular weight is 249 g/mol. The number of rotatable bonds is 6. The number of hydrogen-bond acceptors (Lipinski definition) is 3. The van der Waals surface area contributed by atoms with Crippen LogP contribution in [-0.2, 0) is 0 Å². The Morgan fingerprint density at radius 3 is 2.56 bits per heavy atom. The van der Waals surface area contributed by atoms with E-state index in [2.05, 4.69) is 6.92 Å². The Hall–Kier alpha value is -1.35. The molecule has 0 heterocycles. The maximum absolute atomic E-state index is 12.3. The molecule has 0 saturated carbocycles. The van der Waals surface area contributed by atoms with Gasteiger partial charge in [0.15, 0.2) is 5.78 Å². The van der Waals surface area contributed by atoms with Crippen LogP contribution < -0.4 is 10.5 Å². The van der Waals surface area contributed by atoms with Crippen LogP contribution in [0.2, 0.25) is 0 Å². The van der Waals surface area contributed by atoms with E-state index < -0.39 is 6.04 Å². The predicted molar refractivity (Wildman–Crippen MR) is 74.3 cm³/mol. The molecule has 100 valence electrons. The molecule has 0 fully saturated rings. The van der Waals surface area contributed by atoms with Crippen molar-refractivity contribution in [3.8, 4) is 5.75 Å². The molecular weight excluding hydrogens is 226 g/mol. The van der Waals surface area contributed by atoms with Crippen molar-refractivity contribution in [1.82, 2.24) is 0 Å².